The maximum Gasteiger partial charge on any atom is 0.00106 e. The van der Waals surface area contributed by atoms with Crippen molar-refractivity contribution < 1.29 is 0 Å². The summed E-state index contributed by atoms with van der Waals surface area (Å²) in [5.41, 5.74) is 0. The maximum absolute atomic E-state index is 2.72. The highest BCUT2D eigenvalue weighted by Gasteiger charge is 2.31. The normalized spacial score (nSPS) is 48.0. The largest absolute Gasteiger partial charge is 0.303 e. The summed E-state index contributed by atoms with van der Waals surface area (Å²) < 4.78 is 0. The molecule has 6 heteroatoms. The molecule has 18 heterocycles. The summed E-state index contributed by atoms with van der Waals surface area (Å²) in [6, 6.07) is 0. The van der Waals surface area contributed by atoms with E-state index in [-0.39, 0.29) is 0 Å². The van der Waals surface area contributed by atoms with Gasteiger partial charge in [0.15, 0.2) is 0 Å². The average Bonchev–Trinajstić information content (AvgIpc) is 3.06. The zero-order valence-electron chi connectivity index (χ0n) is 27.4. The van der Waals surface area contributed by atoms with Gasteiger partial charge in [0.1, 0.15) is 0 Å². The molecule has 0 aromatic carbocycles. The van der Waals surface area contributed by atoms with Crippen LogP contribution in [0.2, 0.25) is 0 Å². The van der Waals surface area contributed by atoms with Crippen molar-refractivity contribution in [3.8, 4) is 0 Å². The SMILES string of the molecule is C1CN2CCC1CN1CCC(CC1)C2.C1CN2CCC1CN1CCC(CC1)C2.C1CN2CCC1CN1CCC(CC1)C2. The van der Waals surface area contributed by atoms with Crippen LogP contribution in [0, 0.1) is 35.5 Å². The van der Waals surface area contributed by atoms with Crippen LogP contribution in [0.1, 0.15) is 77.0 Å². The molecule has 0 saturated carbocycles. The molecular weight excluding hydrogens is 516 g/mol. The van der Waals surface area contributed by atoms with Crippen LogP contribution in [-0.2, 0) is 0 Å². The first-order valence-corrected chi connectivity index (χ1v) is 19.0. The Labute approximate surface area is 259 Å². The molecule has 0 spiro atoms. The van der Waals surface area contributed by atoms with Crippen LogP contribution in [-0.4, -0.2) is 147 Å². The Morgan fingerprint density at radius 3 is 0.429 bits per heavy atom. The van der Waals surface area contributed by atoms with Gasteiger partial charge in [0, 0.05) is 39.3 Å². The van der Waals surface area contributed by atoms with Crippen LogP contribution in [0.5, 0.6) is 0 Å². The van der Waals surface area contributed by atoms with Crippen LogP contribution in [0.3, 0.4) is 0 Å². The fraction of sp³-hybridized carbons (Fsp3) is 1.00. The van der Waals surface area contributed by atoms with Crippen molar-refractivity contribution in [2.75, 3.05) is 118 Å². The predicted molar refractivity (Wildman–Crippen MR) is 175 cm³/mol. The third-order valence-electron chi connectivity index (χ3n) is 13.3. The Bertz CT molecular complexity index is 544. The Morgan fingerprint density at radius 1 is 0.190 bits per heavy atom. The highest BCUT2D eigenvalue weighted by atomic mass is 15.2. The second-order valence-corrected chi connectivity index (χ2v) is 16.5. The summed E-state index contributed by atoms with van der Waals surface area (Å²) >= 11 is 0. The van der Waals surface area contributed by atoms with Gasteiger partial charge >= 0.3 is 0 Å². The molecule has 0 amide bonds. The maximum atomic E-state index is 2.72. The number of hydrogen-bond acceptors (Lipinski definition) is 6. The van der Waals surface area contributed by atoms with Gasteiger partial charge in [0.05, 0.1) is 0 Å². The number of nitrogens with zero attached hydrogens (tertiary/aromatic N) is 6. The van der Waals surface area contributed by atoms with E-state index in [1.54, 1.807) is 0 Å². The number of rotatable bonds is 0. The fourth-order valence-electron chi connectivity index (χ4n) is 10.3. The third-order valence-corrected chi connectivity index (χ3v) is 13.3. The molecule has 0 atom stereocenters. The summed E-state index contributed by atoms with van der Waals surface area (Å²) in [4.78, 5) is 16.3. The standard InChI is InChI=1S/3C12H22N2/c3*1-5-13-6-2-11(1)9-14-7-3-12(10-13)4-8-14/h3*11-12H,1-10H2. The fourth-order valence-corrected chi connectivity index (χ4v) is 10.3. The zero-order chi connectivity index (χ0) is 28.1. The van der Waals surface area contributed by atoms with Gasteiger partial charge in [0.2, 0.25) is 0 Å². The molecule has 18 saturated heterocycles. The quantitative estimate of drug-likeness (QED) is 0.422. The number of hydrogen-bond donors (Lipinski definition) is 0. The van der Waals surface area contributed by atoms with E-state index in [4.69, 9.17) is 0 Å². The minimum atomic E-state index is 1.01. The molecule has 18 fully saturated rings. The van der Waals surface area contributed by atoms with Gasteiger partial charge in [-0.1, -0.05) is 0 Å². The molecule has 0 N–H and O–H groups in total. The van der Waals surface area contributed by atoms with Gasteiger partial charge in [-0.2, -0.15) is 0 Å². The lowest BCUT2D eigenvalue weighted by Gasteiger charge is -2.42. The van der Waals surface area contributed by atoms with Crippen LogP contribution in [0.15, 0.2) is 0 Å². The Kier molecular flexibility index (Phi) is 10.8. The molecule has 0 aliphatic carbocycles. The van der Waals surface area contributed by atoms with Gasteiger partial charge in [-0.3, -0.25) is 0 Å². The molecule has 0 aromatic rings. The summed E-state index contributed by atoms with van der Waals surface area (Å²) in [5, 5.41) is 0. The molecule has 6 nitrogen and oxygen atoms in total. The van der Waals surface area contributed by atoms with E-state index in [0.29, 0.717) is 0 Å². The van der Waals surface area contributed by atoms with Gasteiger partial charge in [0.25, 0.3) is 0 Å². The Morgan fingerprint density at radius 2 is 0.310 bits per heavy atom. The van der Waals surface area contributed by atoms with Gasteiger partial charge < -0.3 is 29.4 Å². The highest BCUT2D eigenvalue weighted by molar-refractivity contribution is 4.86. The minimum absolute atomic E-state index is 1.01. The van der Waals surface area contributed by atoms with Crippen molar-refractivity contribution in [2.45, 2.75) is 77.0 Å². The molecule has 0 unspecified atom stereocenters. The van der Waals surface area contributed by atoms with E-state index in [1.165, 1.54) is 195 Å². The molecule has 42 heavy (non-hydrogen) atoms. The van der Waals surface area contributed by atoms with Crippen molar-refractivity contribution in [1.29, 1.82) is 0 Å². The lowest BCUT2D eigenvalue weighted by molar-refractivity contribution is 0.0671. The second-order valence-electron chi connectivity index (χ2n) is 16.5. The Hall–Kier alpha value is -0.240. The van der Waals surface area contributed by atoms with Crippen molar-refractivity contribution in [3.63, 3.8) is 0 Å². The van der Waals surface area contributed by atoms with Gasteiger partial charge in [-0.25, -0.2) is 0 Å². The molecule has 0 radical (unpaired) electrons. The highest BCUT2D eigenvalue weighted by Crippen LogP contribution is 2.29. The first-order valence-electron chi connectivity index (χ1n) is 19.0. The number of piperidine rings is 6. The van der Waals surface area contributed by atoms with Crippen LogP contribution < -0.4 is 0 Å². The monoisotopic (exact) mass is 583 g/mol. The molecule has 12 bridgehead atoms. The van der Waals surface area contributed by atoms with E-state index in [2.05, 4.69) is 29.4 Å². The predicted octanol–water partition coefficient (Wildman–Crippen LogP) is 4.27. The van der Waals surface area contributed by atoms with Crippen molar-refractivity contribution >= 4 is 0 Å². The van der Waals surface area contributed by atoms with Crippen molar-refractivity contribution in [1.82, 2.24) is 29.4 Å². The Balaban J connectivity index is 0.000000103. The molecule has 18 aliphatic heterocycles. The topological polar surface area (TPSA) is 19.4 Å². The van der Waals surface area contributed by atoms with Crippen LogP contribution >= 0.6 is 0 Å². The molecular formula is C36H66N6. The second kappa shape index (κ2) is 14.9. The summed E-state index contributed by atoms with van der Waals surface area (Å²) in [7, 11) is 0. The average molecular weight is 583 g/mol. The van der Waals surface area contributed by atoms with Gasteiger partial charge in [-0.15, -0.1) is 0 Å². The third kappa shape index (κ3) is 8.51. The van der Waals surface area contributed by atoms with Crippen molar-refractivity contribution in [2.24, 2.45) is 35.5 Å². The summed E-state index contributed by atoms with van der Waals surface area (Å²) in [6.45, 7) is 25.0. The first-order chi connectivity index (χ1) is 20.7. The summed E-state index contributed by atoms with van der Waals surface area (Å²) in [6.07, 6.45) is 17.5. The molecule has 240 valence electrons. The smallest absolute Gasteiger partial charge is 0.00106 e. The lowest BCUT2D eigenvalue weighted by Crippen LogP contribution is -2.47. The first kappa shape index (κ1) is 30.4. The van der Waals surface area contributed by atoms with E-state index in [1.807, 2.05) is 0 Å². The van der Waals surface area contributed by atoms with Gasteiger partial charge in [-0.05, 0) is 191 Å². The lowest BCUT2D eigenvalue weighted by atomic mass is 9.89. The van der Waals surface area contributed by atoms with Crippen molar-refractivity contribution in [3.05, 3.63) is 0 Å². The molecule has 0 aromatic heterocycles. The van der Waals surface area contributed by atoms with E-state index in [0.717, 1.165) is 35.5 Å². The van der Waals surface area contributed by atoms with Crippen LogP contribution in [0.25, 0.3) is 0 Å². The minimum Gasteiger partial charge on any atom is -0.303 e. The van der Waals surface area contributed by atoms with E-state index in [9.17, 15) is 0 Å². The van der Waals surface area contributed by atoms with E-state index < -0.39 is 0 Å². The van der Waals surface area contributed by atoms with Crippen LogP contribution in [0.4, 0.5) is 0 Å². The zero-order valence-corrected chi connectivity index (χ0v) is 27.4. The summed E-state index contributed by atoms with van der Waals surface area (Å²) in [5.74, 6) is 6.09. The molecule has 18 aliphatic rings. The molecule has 18 rings (SSSR count). The van der Waals surface area contributed by atoms with E-state index >= 15 is 0 Å².